The molecule has 0 saturated heterocycles. The van der Waals surface area contributed by atoms with Crippen LogP contribution >= 0.6 is 22.7 Å². The molecule has 0 aliphatic heterocycles. The van der Waals surface area contributed by atoms with E-state index in [1.54, 1.807) is 28.9 Å². The van der Waals surface area contributed by atoms with Crippen LogP contribution in [0.4, 0.5) is 0 Å². The Kier molecular flexibility index (Phi) is 5.08. The van der Waals surface area contributed by atoms with E-state index >= 15 is 0 Å². The van der Waals surface area contributed by atoms with E-state index in [1.807, 2.05) is 39.9 Å². The summed E-state index contributed by atoms with van der Waals surface area (Å²) in [7, 11) is 0. The molecule has 0 saturated carbocycles. The summed E-state index contributed by atoms with van der Waals surface area (Å²) in [6, 6.07) is 12.0. The molecule has 0 spiro atoms. The van der Waals surface area contributed by atoms with Crippen molar-refractivity contribution in [2.24, 2.45) is 0 Å². The molecular weight excluding hydrogens is 314 g/mol. The van der Waals surface area contributed by atoms with E-state index in [1.165, 1.54) is 9.75 Å². The van der Waals surface area contributed by atoms with Gasteiger partial charge in [-0.05, 0) is 35.0 Å². The summed E-state index contributed by atoms with van der Waals surface area (Å²) >= 11 is 3.38. The van der Waals surface area contributed by atoms with E-state index in [0.29, 0.717) is 25.9 Å². The number of hydrogen-bond acceptors (Lipinski definition) is 4. The maximum Gasteiger partial charge on any atom is 0.223 e. The highest BCUT2D eigenvalue weighted by atomic mass is 32.1. The van der Waals surface area contributed by atoms with Gasteiger partial charge < -0.3 is 9.32 Å². The number of carbonyl (C=O) groups excluding carboxylic acids is 1. The minimum atomic E-state index is 0.165. The van der Waals surface area contributed by atoms with Crippen LogP contribution in [0.5, 0.6) is 0 Å². The monoisotopic (exact) mass is 331 g/mol. The number of nitrogens with zero attached hydrogens (tertiary/aromatic N) is 1. The third-order valence-corrected chi connectivity index (χ3v) is 5.09. The number of aryl methyl sites for hydroxylation is 1. The number of hydrogen-bond donors (Lipinski definition) is 0. The molecule has 0 aliphatic carbocycles. The highest BCUT2D eigenvalue weighted by Gasteiger charge is 2.16. The van der Waals surface area contributed by atoms with E-state index in [0.717, 1.165) is 5.76 Å². The van der Waals surface area contributed by atoms with Crippen molar-refractivity contribution in [1.29, 1.82) is 0 Å². The Bertz CT molecular complexity index is 636. The maximum atomic E-state index is 12.6. The molecule has 3 aromatic heterocycles. The van der Waals surface area contributed by atoms with E-state index in [4.69, 9.17) is 4.42 Å². The predicted molar refractivity (Wildman–Crippen MR) is 89.9 cm³/mol. The zero-order chi connectivity index (χ0) is 15.2. The number of carbonyl (C=O) groups is 1. The van der Waals surface area contributed by atoms with E-state index in [9.17, 15) is 4.79 Å². The molecule has 22 heavy (non-hydrogen) atoms. The smallest absolute Gasteiger partial charge is 0.223 e. The average molecular weight is 331 g/mol. The van der Waals surface area contributed by atoms with Gasteiger partial charge in [-0.3, -0.25) is 4.79 Å². The summed E-state index contributed by atoms with van der Waals surface area (Å²) in [6.45, 7) is 1.35. The molecule has 0 radical (unpaired) electrons. The molecule has 0 aromatic carbocycles. The lowest BCUT2D eigenvalue weighted by Crippen LogP contribution is -2.29. The number of thiophene rings is 2. The van der Waals surface area contributed by atoms with Crippen molar-refractivity contribution < 1.29 is 9.21 Å². The second kappa shape index (κ2) is 7.42. The first-order chi connectivity index (χ1) is 10.8. The Balaban J connectivity index is 1.64. The molecule has 0 unspecified atom stereocenters. The number of amides is 1. The molecule has 3 heterocycles. The summed E-state index contributed by atoms with van der Waals surface area (Å²) in [5.41, 5.74) is 0. The largest absolute Gasteiger partial charge is 0.469 e. The highest BCUT2D eigenvalue weighted by Crippen LogP contribution is 2.18. The van der Waals surface area contributed by atoms with Crippen LogP contribution in [-0.2, 0) is 24.3 Å². The van der Waals surface area contributed by atoms with Gasteiger partial charge >= 0.3 is 0 Å². The van der Waals surface area contributed by atoms with Crippen molar-refractivity contribution in [3.05, 3.63) is 68.9 Å². The number of furan rings is 1. The first-order valence-corrected chi connectivity index (χ1v) is 8.92. The second-order valence-electron chi connectivity index (χ2n) is 4.99. The molecule has 0 N–H and O–H groups in total. The number of rotatable bonds is 7. The minimum Gasteiger partial charge on any atom is -0.469 e. The van der Waals surface area contributed by atoms with Gasteiger partial charge in [0, 0.05) is 22.6 Å². The molecule has 0 aliphatic rings. The Hall–Kier alpha value is -1.85. The van der Waals surface area contributed by atoms with Crippen molar-refractivity contribution in [3.8, 4) is 0 Å². The van der Waals surface area contributed by atoms with Crippen molar-refractivity contribution in [2.45, 2.75) is 25.9 Å². The van der Waals surface area contributed by atoms with E-state index in [-0.39, 0.29) is 5.91 Å². The summed E-state index contributed by atoms with van der Waals surface area (Å²) in [6.07, 6.45) is 2.77. The predicted octanol–water partition coefficient (Wildman–Crippen LogP) is 4.56. The third kappa shape index (κ3) is 4.08. The molecule has 1 amide bonds. The van der Waals surface area contributed by atoms with Crippen LogP contribution in [0, 0.1) is 0 Å². The summed E-state index contributed by atoms with van der Waals surface area (Å²) in [5.74, 6) is 1.03. The summed E-state index contributed by atoms with van der Waals surface area (Å²) in [5, 5.41) is 4.10. The maximum absolute atomic E-state index is 12.6. The quantitative estimate of drug-likeness (QED) is 0.636. The van der Waals surface area contributed by atoms with Crippen molar-refractivity contribution in [2.75, 3.05) is 0 Å². The van der Waals surface area contributed by atoms with Crippen LogP contribution < -0.4 is 0 Å². The second-order valence-corrected chi connectivity index (χ2v) is 7.05. The van der Waals surface area contributed by atoms with Gasteiger partial charge in [-0.1, -0.05) is 12.1 Å². The third-order valence-electron chi connectivity index (χ3n) is 3.37. The Morgan fingerprint density at radius 1 is 1.00 bits per heavy atom. The van der Waals surface area contributed by atoms with Gasteiger partial charge in [0.1, 0.15) is 5.76 Å². The fraction of sp³-hybridized carbons (Fsp3) is 0.235. The molecule has 3 nitrogen and oxygen atoms in total. The normalized spacial score (nSPS) is 10.7. The van der Waals surface area contributed by atoms with E-state index < -0.39 is 0 Å². The van der Waals surface area contributed by atoms with E-state index in [2.05, 4.69) is 12.1 Å². The molecule has 0 fully saturated rings. The zero-order valence-corrected chi connectivity index (χ0v) is 13.7. The lowest BCUT2D eigenvalue weighted by molar-refractivity contribution is -0.132. The fourth-order valence-corrected chi connectivity index (χ4v) is 3.70. The summed E-state index contributed by atoms with van der Waals surface area (Å²) in [4.78, 5) is 16.9. The molecule has 0 bridgehead atoms. The lowest BCUT2D eigenvalue weighted by Gasteiger charge is -2.21. The van der Waals surface area contributed by atoms with Gasteiger partial charge in [0.25, 0.3) is 0 Å². The average Bonchev–Trinajstić information content (AvgIpc) is 3.27. The van der Waals surface area contributed by atoms with Crippen molar-refractivity contribution in [3.63, 3.8) is 0 Å². The van der Waals surface area contributed by atoms with Gasteiger partial charge in [0.15, 0.2) is 0 Å². The van der Waals surface area contributed by atoms with Crippen LogP contribution in [-0.4, -0.2) is 10.8 Å². The van der Waals surface area contributed by atoms with Crippen LogP contribution in [0.15, 0.2) is 57.8 Å². The Labute approximate surface area is 137 Å². The van der Waals surface area contributed by atoms with Gasteiger partial charge in [-0.15, -0.1) is 22.7 Å². The van der Waals surface area contributed by atoms with Gasteiger partial charge in [0.2, 0.25) is 5.91 Å². The van der Waals surface area contributed by atoms with Gasteiger partial charge in [0.05, 0.1) is 19.4 Å². The fourth-order valence-electron chi connectivity index (χ4n) is 2.26. The van der Waals surface area contributed by atoms with Crippen LogP contribution in [0.3, 0.4) is 0 Å². The van der Waals surface area contributed by atoms with Crippen LogP contribution in [0.2, 0.25) is 0 Å². The lowest BCUT2D eigenvalue weighted by atomic mass is 10.2. The van der Waals surface area contributed by atoms with Crippen molar-refractivity contribution in [1.82, 2.24) is 4.90 Å². The van der Waals surface area contributed by atoms with Crippen molar-refractivity contribution >= 4 is 28.6 Å². The topological polar surface area (TPSA) is 33.5 Å². The molecule has 3 aromatic rings. The highest BCUT2D eigenvalue weighted by molar-refractivity contribution is 7.10. The molecule has 0 atom stereocenters. The molecule has 3 rings (SSSR count). The standard InChI is InChI=1S/C17H17NO2S2/c19-17(8-7-14-4-1-9-20-14)18(12-15-5-2-10-21-15)13-16-6-3-11-22-16/h1-6,9-11H,7-8,12-13H2. The van der Waals surface area contributed by atoms with Crippen LogP contribution in [0.1, 0.15) is 21.9 Å². The zero-order valence-electron chi connectivity index (χ0n) is 12.1. The molecule has 114 valence electrons. The van der Waals surface area contributed by atoms with Gasteiger partial charge in [-0.2, -0.15) is 0 Å². The Morgan fingerprint density at radius 2 is 1.68 bits per heavy atom. The molecular formula is C17H17NO2S2. The minimum absolute atomic E-state index is 0.165. The first kappa shape index (κ1) is 15.1. The van der Waals surface area contributed by atoms with Crippen LogP contribution in [0.25, 0.3) is 0 Å². The summed E-state index contributed by atoms with van der Waals surface area (Å²) < 4.78 is 5.31. The van der Waals surface area contributed by atoms with Gasteiger partial charge in [-0.25, -0.2) is 0 Å². The first-order valence-electron chi connectivity index (χ1n) is 7.16. The Morgan fingerprint density at radius 3 is 2.18 bits per heavy atom. The SMILES string of the molecule is O=C(CCc1ccco1)N(Cc1cccs1)Cc1cccs1. The molecule has 5 heteroatoms.